The van der Waals surface area contributed by atoms with Gasteiger partial charge >= 0.3 is 0 Å². The molecule has 4 heteroatoms. The van der Waals surface area contributed by atoms with Crippen molar-refractivity contribution in [3.63, 3.8) is 0 Å². The lowest BCUT2D eigenvalue weighted by Gasteiger charge is -2.04. The number of halogens is 1. The molecule has 0 bridgehead atoms. The average molecular weight is 282 g/mol. The van der Waals surface area contributed by atoms with Gasteiger partial charge in [0.2, 0.25) is 0 Å². The number of nitrogens with one attached hydrogen (secondary N) is 2. The van der Waals surface area contributed by atoms with Gasteiger partial charge in [-0.25, -0.2) is 4.98 Å². The lowest BCUT2D eigenvalue weighted by Crippen LogP contribution is -2.22. The van der Waals surface area contributed by atoms with Crippen molar-refractivity contribution in [1.29, 1.82) is 0 Å². The van der Waals surface area contributed by atoms with Gasteiger partial charge in [0.05, 0.1) is 17.6 Å². The predicted octanol–water partition coefficient (Wildman–Crippen LogP) is 3.13. The summed E-state index contributed by atoms with van der Waals surface area (Å²) in [6.07, 6.45) is 0. The number of H-pyrrole nitrogens is 1. The number of hydrogen-bond donors (Lipinski definition) is 2. The van der Waals surface area contributed by atoms with E-state index in [1.165, 1.54) is 5.56 Å². The molecule has 0 aliphatic rings. The van der Waals surface area contributed by atoms with E-state index in [-0.39, 0.29) is 0 Å². The largest absolute Gasteiger partial charge is 0.341 e. The molecule has 0 atom stereocenters. The average Bonchev–Trinajstić information content (AvgIpc) is 2.57. The highest BCUT2D eigenvalue weighted by atomic mass is 79.9. The molecule has 1 aromatic heterocycles. The molecule has 0 amide bonds. The Kier molecular flexibility index (Phi) is 3.30. The minimum absolute atomic E-state index is 0.473. The summed E-state index contributed by atoms with van der Waals surface area (Å²) in [4.78, 5) is 7.92. The summed E-state index contributed by atoms with van der Waals surface area (Å²) in [5.74, 6) is 0.991. The molecule has 0 aliphatic heterocycles. The van der Waals surface area contributed by atoms with Gasteiger partial charge in [-0.1, -0.05) is 29.8 Å². The standard InChI is InChI=1S/C12H16BrN3/c1-7(2)14-6-11-15-10-5-9(13)4-8(3)12(10)16-11/h4-5,7,14H,6H2,1-3H3,(H,15,16). The van der Waals surface area contributed by atoms with Gasteiger partial charge in [-0.15, -0.1) is 0 Å². The smallest absolute Gasteiger partial charge is 0.121 e. The highest BCUT2D eigenvalue weighted by Gasteiger charge is 2.06. The maximum Gasteiger partial charge on any atom is 0.121 e. The number of aryl methyl sites for hydroxylation is 1. The van der Waals surface area contributed by atoms with Crippen molar-refractivity contribution in [1.82, 2.24) is 15.3 Å². The van der Waals surface area contributed by atoms with E-state index in [2.05, 4.69) is 64.1 Å². The number of hydrogen-bond acceptors (Lipinski definition) is 2. The third-order valence-electron chi connectivity index (χ3n) is 2.47. The van der Waals surface area contributed by atoms with Crippen molar-refractivity contribution in [3.8, 4) is 0 Å². The summed E-state index contributed by atoms with van der Waals surface area (Å²) >= 11 is 3.49. The second kappa shape index (κ2) is 4.55. The van der Waals surface area contributed by atoms with Gasteiger partial charge in [0, 0.05) is 10.5 Å². The molecular formula is C12H16BrN3. The van der Waals surface area contributed by atoms with Crippen LogP contribution in [0.25, 0.3) is 11.0 Å². The molecule has 0 spiro atoms. The molecule has 2 rings (SSSR count). The van der Waals surface area contributed by atoms with Crippen molar-refractivity contribution < 1.29 is 0 Å². The van der Waals surface area contributed by atoms with Crippen molar-refractivity contribution in [2.75, 3.05) is 0 Å². The van der Waals surface area contributed by atoms with Gasteiger partial charge in [-0.05, 0) is 24.6 Å². The van der Waals surface area contributed by atoms with Crippen LogP contribution in [-0.2, 0) is 6.54 Å². The summed E-state index contributed by atoms with van der Waals surface area (Å²) in [5, 5.41) is 3.35. The molecule has 0 fully saturated rings. The lowest BCUT2D eigenvalue weighted by molar-refractivity contribution is 0.576. The van der Waals surface area contributed by atoms with Crippen molar-refractivity contribution >= 4 is 27.0 Å². The number of imidazole rings is 1. The molecule has 0 unspecified atom stereocenters. The normalized spacial score (nSPS) is 11.6. The van der Waals surface area contributed by atoms with Crippen LogP contribution in [-0.4, -0.2) is 16.0 Å². The zero-order chi connectivity index (χ0) is 11.7. The topological polar surface area (TPSA) is 40.7 Å². The third kappa shape index (κ3) is 2.44. The predicted molar refractivity (Wildman–Crippen MR) is 70.5 cm³/mol. The Morgan fingerprint density at radius 3 is 2.88 bits per heavy atom. The van der Waals surface area contributed by atoms with E-state index in [9.17, 15) is 0 Å². The van der Waals surface area contributed by atoms with Crippen molar-refractivity contribution in [3.05, 3.63) is 28.0 Å². The van der Waals surface area contributed by atoms with E-state index in [1.54, 1.807) is 0 Å². The Bertz CT molecular complexity index is 502. The van der Waals surface area contributed by atoms with Crippen LogP contribution in [0.15, 0.2) is 16.6 Å². The van der Waals surface area contributed by atoms with Crippen LogP contribution in [0, 0.1) is 6.92 Å². The van der Waals surface area contributed by atoms with Gasteiger partial charge in [-0.2, -0.15) is 0 Å². The van der Waals surface area contributed by atoms with Gasteiger partial charge in [0.25, 0.3) is 0 Å². The van der Waals surface area contributed by atoms with Crippen LogP contribution in [0.4, 0.5) is 0 Å². The third-order valence-corrected chi connectivity index (χ3v) is 2.93. The molecule has 1 heterocycles. The van der Waals surface area contributed by atoms with Crippen molar-refractivity contribution in [2.24, 2.45) is 0 Å². The lowest BCUT2D eigenvalue weighted by atomic mass is 10.2. The summed E-state index contributed by atoms with van der Waals surface area (Å²) in [5.41, 5.74) is 3.34. The van der Waals surface area contributed by atoms with Crippen LogP contribution >= 0.6 is 15.9 Å². The van der Waals surface area contributed by atoms with Crippen LogP contribution in [0.3, 0.4) is 0 Å². The summed E-state index contributed by atoms with van der Waals surface area (Å²) < 4.78 is 1.09. The number of rotatable bonds is 3. The van der Waals surface area contributed by atoms with Crippen molar-refractivity contribution in [2.45, 2.75) is 33.4 Å². The zero-order valence-electron chi connectivity index (χ0n) is 9.76. The molecule has 0 saturated heterocycles. The molecule has 0 radical (unpaired) electrons. The molecule has 86 valence electrons. The molecule has 0 saturated carbocycles. The Morgan fingerprint density at radius 2 is 2.19 bits per heavy atom. The van der Waals surface area contributed by atoms with Crippen LogP contribution in [0.1, 0.15) is 25.2 Å². The monoisotopic (exact) mass is 281 g/mol. The van der Waals surface area contributed by atoms with E-state index < -0.39 is 0 Å². The fraction of sp³-hybridized carbons (Fsp3) is 0.417. The first-order valence-corrected chi connectivity index (χ1v) is 6.23. The summed E-state index contributed by atoms with van der Waals surface area (Å²) in [6, 6.07) is 4.62. The first kappa shape index (κ1) is 11.6. The van der Waals surface area contributed by atoms with E-state index in [0.717, 1.165) is 27.9 Å². The number of nitrogens with zero attached hydrogens (tertiary/aromatic N) is 1. The van der Waals surface area contributed by atoms with Crippen LogP contribution < -0.4 is 5.32 Å². The molecule has 1 aromatic carbocycles. The Balaban J connectivity index is 2.33. The SMILES string of the molecule is Cc1cc(Br)cc2[nH]c(CNC(C)C)nc12. The number of aromatic amines is 1. The first-order chi connectivity index (χ1) is 7.56. The maximum absolute atomic E-state index is 4.59. The van der Waals surface area contributed by atoms with Gasteiger partial charge in [-0.3, -0.25) is 0 Å². The van der Waals surface area contributed by atoms with Gasteiger partial charge in [0.1, 0.15) is 5.82 Å². The summed E-state index contributed by atoms with van der Waals surface area (Å²) in [7, 11) is 0. The molecule has 2 N–H and O–H groups in total. The minimum atomic E-state index is 0.473. The van der Waals surface area contributed by atoms with Gasteiger partial charge in [0.15, 0.2) is 0 Å². The van der Waals surface area contributed by atoms with E-state index in [1.807, 2.05) is 0 Å². The van der Waals surface area contributed by atoms with E-state index in [4.69, 9.17) is 0 Å². The van der Waals surface area contributed by atoms with Crippen LogP contribution in [0.5, 0.6) is 0 Å². The minimum Gasteiger partial charge on any atom is -0.341 e. The van der Waals surface area contributed by atoms with Crippen LogP contribution in [0.2, 0.25) is 0 Å². The molecule has 16 heavy (non-hydrogen) atoms. The fourth-order valence-electron chi connectivity index (χ4n) is 1.68. The highest BCUT2D eigenvalue weighted by Crippen LogP contribution is 2.21. The first-order valence-electron chi connectivity index (χ1n) is 5.44. The number of benzene rings is 1. The Hall–Kier alpha value is -0.870. The summed E-state index contributed by atoms with van der Waals surface area (Å²) in [6.45, 7) is 7.12. The quantitative estimate of drug-likeness (QED) is 0.908. The number of fused-ring (bicyclic) bond motifs is 1. The second-order valence-electron chi connectivity index (χ2n) is 4.34. The molecule has 0 aliphatic carbocycles. The molecule has 3 nitrogen and oxygen atoms in total. The fourth-order valence-corrected chi connectivity index (χ4v) is 2.25. The Morgan fingerprint density at radius 1 is 1.44 bits per heavy atom. The second-order valence-corrected chi connectivity index (χ2v) is 5.25. The highest BCUT2D eigenvalue weighted by molar-refractivity contribution is 9.10. The Labute approximate surface area is 104 Å². The van der Waals surface area contributed by atoms with Gasteiger partial charge < -0.3 is 10.3 Å². The maximum atomic E-state index is 4.59. The molecule has 2 aromatic rings. The van der Waals surface area contributed by atoms with E-state index >= 15 is 0 Å². The zero-order valence-corrected chi connectivity index (χ0v) is 11.4. The molecular weight excluding hydrogens is 266 g/mol. The van der Waals surface area contributed by atoms with E-state index in [0.29, 0.717) is 6.04 Å². The number of aromatic nitrogens is 2.